The number of benzene rings is 2. The van der Waals surface area contributed by atoms with Gasteiger partial charge in [0.05, 0.1) is 6.42 Å². The van der Waals surface area contributed by atoms with Crippen molar-refractivity contribution >= 4 is 31.2 Å². The van der Waals surface area contributed by atoms with E-state index >= 15 is 0 Å². The van der Waals surface area contributed by atoms with Gasteiger partial charge in [-0.1, -0.05) is 11.8 Å². The van der Waals surface area contributed by atoms with E-state index in [1.54, 1.807) is 12.1 Å². The van der Waals surface area contributed by atoms with E-state index in [-0.39, 0.29) is 11.7 Å². The maximum absolute atomic E-state index is 11.3. The largest absolute Gasteiger partial charge is 0.524 e. The molecule has 0 unspecified atom stereocenters. The van der Waals surface area contributed by atoms with Gasteiger partial charge in [0.25, 0.3) is 0 Å². The highest BCUT2D eigenvalue weighted by Gasteiger charge is 2.18. The molecule has 0 bridgehead atoms. The molecule has 0 spiro atoms. The lowest BCUT2D eigenvalue weighted by molar-refractivity contribution is -0.115. The molecule has 0 atom stereocenters. The van der Waals surface area contributed by atoms with Crippen molar-refractivity contribution in [2.45, 2.75) is 16.2 Å². The van der Waals surface area contributed by atoms with Crippen LogP contribution in [-0.2, 0) is 15.8 Å². The Kier molecular flexibility index (Phi) is 3.97. The number of nitrogens with one attached hydrogen (secondary N) is 1. The van der Waals surface area contributed by atoms with Crippen LogP contribution in [0.4, 0.5) is 5.69 Å². The van der Waals surface area contributed by atoms with Gasteiger partial charge < -0.3 is 9.84 Å². The zero-order chi connectivity index (χ0) is 15.7. The van der Waals surface area contributed by atoms with E-state index in [4.69, 9.17) is 9.79 Å². The van der Waals surface area contributed by atoms with E-state index in [2.05, 4.69) is 9.84 Å². The van der Waals surface area contributed by atoms with Gasteiger partial charge in [0, 0.05) is 15.5 Å². The van der Waals surface area contributed by atoms with Crippen LogP contribution in [0, 0.1) is 0 Å². The average Bonchev–Trinajstić information content (AvgIpc) is 2.79. The molecule has 1 amide bonds. The lowest BCUT2D eigenvalue weighted by atomic mass is 10.2. The molecule has 0 saturated heterocycles. The summed E-state index contributed by atoms with van der Waals surface area (Å²) in [4.78, 5) is 30.7. The fourth-order valence-electron chi connectivity index (χ4n) is 2.11. The first-order valence-electron chi connectivity index (χ1n) is 6.35. The highest BCUT2D eigenvalue weighted by atomic mass is 32.2. The molecule has 0 saturated carbocycles. The molecule has 3 N–H and O–H groups in total. The van der Waals surface area contributed by atoms with Crippen molar-refractivity contribution in [3.05, 3.63) is 48.0 Å². The number of hydrogen-bond donors (Lipinski definition) is 3. The van der Waals surface area contributed by atoms with Gasteiger partial charge in [-0.05, 0) is 48.0 Å². The molecule has 0 aromatic heterocycles. The molecule has 2 aromatic rings. The summed E-state index contributed by atoms with van der Waals surface area (Å²) in [6.07, 6.45) is 0.388. The SMILES string of the molecule is O=C1Cc2cc(Sc3ccc(OP(=O)(O)O)cc3)ccc2N1. The Labute approximate surface area is 130 Å². The van der Waals surface area contributed by atoms with Gasteiger partial charge in [0.1, 0.15) is 5.75 Å². The van der Waals surface area contributed by atoms with Crippen LogP contribution in [-0.4, -0.2) is 15.7 Å². The Morgan fingerprint density at radius 1 is 1.09 bits per heavy atom. The third kappa shape index (κ3) is 3.69. The number of anilines is 1. The van der Waals surface area contributed by atoms with Gasteiger partial charge in [0.15, 0.2) is 0 Å². The molecule has 2 aromatic carbocycles. The highest BCUT2D eigenvalue weighted by molar-refractivity contribution is 7.99. The van der Waals surface area contributed by atoms with Gasteiger partial charge in [-0.2, -0.15) is 0 Å². The number of amides is 1. The summed E-state index contributed by atoms with van der Waals surface area (Å²) in [5.74, 6) is 0.109. The predicted molar refractivity (Wildman–Crippen MR) is 82.0 cm³/mol. The van der Waals surface area contributed by atoms with Gasteiger partial charge in [-0.15, -0.1) is 0 Å². The van der Waals surface area contributed by atoms with E-state index in [0.29, 0.717) is 6.42 Å². The number of hydrogen-bond acceptors (Lipinski definition) is 4. The molecule has 1 aliphatic heterocycles. The summed E-state index contributed by atoms with van der Waals surface area (Å²) in [7, 11) is -4.53. The highest BCUT2D eigenvalue weighted by Crippen LogP contribution is 2.39. The molecule has 114 valence electrons. The molecular formula is C14H12NO5PS. The summed E-state index contributed by atoms with van der Waals surface area (Å²) in [5, 5.41) is 2.78. The van der Waals surface area contributed by atoms with E-state index in [9.17, 15) is 9.36 Å². The molecule has 0 fully saturated rings. The number of carbonyl (C=O) groups is 1. The zero-order valence-electron chi connectivity index (χ0n) is 11.2. The van der Waals surface area contributed by atoms with E-state index in [1.807, 2.05) is 18.2 Å². The van der Waals surface area contributed by atoms with Crippen LogP contribution < -0.4 is 9.84 Å². The number of rotatable bonds is 4. The molecule has 8 heteroatoms. The van der Waals surface area contributed by atoms with Crippen LogP contribution in [0.3, 0.4) is 0 Å². The monoisotopic (exact) mass is 337 g/mol. The maximum Gasteiger partial charge on any atom is 0.524 e. The Balaban J connectivity index is 1.73. The average molecular weight is 337 g/mol. The first-order chi connectivity index (χ1) is 10.4. The smallest absolute Gasteiger partial charge is 0.404 e. The fourth-order valence-corrected chi connectivity index (χ4v) is 3.39. The number of fused-ring (bicyclic) bond motifs is 1. The van der Waals surface area contributed by atoms with Gasteiger partial charge in [-0.3, -0.25) is 14.6 Å². The lowest BCUT2D eigenvalue weighted by Gasteiger charge is -2.08. The molecule has 6 nitrogen and oxygen atoms in total. The number of phosphoric ester groups is 1. The minimum absolute atomic E-state index is 0.00362. The molecule has 0 radical (unpaired) electrons. The Hall–Kier alpha value is -1.79. The standard InChI is InChI=1S/C14H12NO5PS/c16-14-8-9-7-12(5-6-13(9)15-14)22-11-3-1-10(2-4-11)20-21(17,18)19/h1-7H,8H2,(H,15,16)(H2,17,18,19). The quantitative estimate of drug-likeness (QED) is 0.743. The molecule has 0 aliphatic carbocycles. The van der Waals surface area contributed by atoms with Crippen molar-refractivity contribution in [2.24, 2.45) is 0 Å². The second kappa shape index (κ2) is 5.78. The first kappa shape index (κ1) is 15.1. The number of carbonyl (C=O) groups excluding carboxylic acids is 1. The van der Waals surface area contributed by atoms with Crippen molar-refractivity contribution in [2.75, 3.05) is 5.32 Å². The van der Waals surface area contributed by atoms with Gasteiger partial charge in [-0.25, -0.2) is 4.57 Å². The Bertz CT molecular complexity index is 771. The fraction of sp³-hybridized carbons (Fsp3) is 0.0714. The van der Waals surface area contributed by atoms with Crippen LogP contribution in [0.15, 0.2) is 52.3 Å². The third-order valence-corrected chi connectivity index (χ3v) is 4.43. The van der Waals surface area contributed by atoms with Crippen LogP contribution in [0.5, 0.6) is 5.75 Å². The Morgan fingerprint density at radius 3 is 2.45 bits per heavy atom. The Morgan fingerprint density at radius 2 is 1.77 bits per heavy atom. The van der Waals surface area contributed by atoms with E-state index < -0.39 is 7.82 Å². The molecule has 1 heterocycles. The second-order valence-electron chi connectivity index (χ2n) is 4.70. The van der Waals surface area contributed by atoms with Crippen molar-refractivity contribution in [3.63, 3.8) is 0 Å². The van der Waals surface area contributed by atoms with Crippen LogP contribution in [0.2, 0.25) is 0 Å². The van der Waals surface area contributed by atoms with Crippen molar-refractivity contribution in [1.29, 1.82) is 0 Å². The predicted octanol–water partition coefficient (Wildman–Crippen LogP) is 2.80. The van der Waals surface area contributed by atoms with Gasteiger partial charge in [0.2, 0.25) is 5.91 Å². The summed E-state index contributed by atoms with van der Waals surface area (Å²) >= 11 is 1.49. The minimum Gasteiger partial charge on any atom is -0.404 e. The van der Waals surface area contributed by atoms with Crippen LogP contribution in [0.1, 0.15) is 5.56 Å². The topological polar surface area (TPSA) is 95.9 Å². The van der Waals surface area contributed by atoms with Crippen LogP contribution in [0.25, 0.3) is 0 Å². The van der Waals surface area contributed by atoms with Crippen molar-refractivity contribution in [1.82, 2.24) is 0 Å². The van der Waals surface area contributed by atoms with E-state index in [0.717, 1.165) is 21.0 Å². The molecule has 3 rings (SSSR count). The molecular weight excluding hydrogens is 325 g/mol. The maximum atomic E-state index is 11.3. The summed E-state index contributed by atoms with van der Waals surface area (Å²) in [6, 6.07) is 12.2. The van der Waals surface area contributed by atoms with Crippen LogP contribution >= 0.6 is 19.6 Å². The third-order valence-electron chi connectivity index (χ3n) is 2.99. The van der Waals surface area contributed by atoms with Crippen molar-refractivity contribution < 1.29 is 23.7 Å². The minimum atomic E-state index is -4.53. The normalized spacial score (nSPS) is 13.6. The first-order valence-corrected chi connectivity index (χ1v) is 8.69. The number of phosphoric acid groups is 1. The van der Waals surface area contributed by atoms with Crippen molar-refractivity contribution in [3.8, 4) is 5.75 Å². The lowest BCUT2D eigenvalue weighted by Crippen LogP contribution is -2.03. The van der Waals surface area contributed by atoms with E-state index in [1.165, 1.54) is 23.9 Å². The molecule has 1 aliphatic rings. The summed E-state index contributed by atoms with van der Waals surface area (Å²) in [5.41, 5.74) is 1.82. The second-order valence-corrected chi connectivity index (χ2v) is 7.01. The molecule has 22 heavy (non-hydrogen) atoms. The zero-order valence-corrected chi connectivity index (χ0v) is 12.9. The summed E-state index contributed by atoms with van der Waals surface area (Å²) in [6.45, 7) is 0. The van der Waals surface area contributed by atoms with Gasteiger partial charge >= 0.3 is 7.82 Å². The summed E-state index contributed by atoms with van der Waals surface area (Å²) < 4.78 is 15.2.